The lowest BCUT2D eigenvalue weighted by Gasteiger charge is -2.43. The summed E-state index contributed by atoms with van der Waals surface area (Å²) in [7, 11) is 0. The van der Waals surface area contributed by atoms with Crippen LogP contribution in [0.4, 0.5) is 4.79 Å². The third kappa shape index (κ3) is 5.50. The first-order valence-electron chi connectivity index (χ1n) is 9.60. The van der Waals surface area contributed by atoms with Crippen molar-refractivity contribution < 1.29 is 19.4 Å². The molecule has 28 heavy (non-hydrogen) atoms. The van der Waals surface area contributed by atoms with Gasteiger partial charge in [-0.15, -0.1) is 0 Å². The number of likely N-dealkylation sites (tertiary alicyclic amines) is 1. The second kappa shape index (κ2) is 8.99. The molecule has 1 aliphatic rings. The molecule has 0 bridgehead atoms. The second-order valence-corrected chi connectivity index (χ2v) is 8.86. The van der Waals surface area contributed by atoms with Crippen LogP contribution in [0.3, 0.4) is 0 Å². The van der Waals surface area contributed by atoms with Crippen molar-refractivity contribution in [3.8, 4) is 5.75 Å². The summed E-state index contributed by atoms with van der Waals surface area (Å²) in [4.78, 5) is 32.1. The summed E-state index contributed by atoms with van der Waals surface area (Å²) in [5, 5.41) is 10.1. The number of nitrogens with zero attached hydrogens (tertiary/aromatic N) is 3. The van der Waals surface area contributed by atoms with Gasteiger partial charge in [-0.3, -0.25) is 9.69 Å². The average Bonchev–Trinajstić information content (AvgIpc) is 2.60. The standard InChI is InChI=1S/C20H30ClN3O4/c1-13(2)17(24(19(26)27)20(3,4)5)18(25)23-10-8-14(9-11-23)28-15-6-7-16(21)22-12-15/h6-7,12-14,17H,8-11H2,1-5H3,(H,26,27)/t17-/m0/s1. The molecule has 1 aliphatic heterocycles. The third-order valence-corrected chi connectivity index (χ3v) is 5.07. The highest BCUT2D eigenvalue weighted by Crippen LogP contribution is 2.26. The van der Waals surface area contributed by atoms with E-state index in [4.69, 9.17) is 16.3 Å². The summed E-state index contributed by atoms with van der Waals surface area (Å²) in [6, 6.07) is 2.74. The van der Waals surface area contributed by atoms with Gasteiger partial charge in [-0.2, -0.15) is 0 Å². The van der Waals surface area contributed by atoms with Gasteiger partial charge in [0.2, 0.25) is 5.91 Å². The Morgan fingerprint density at radius 1 is 1.29 bits per heavy atom. The Labute approximate surface area is 171 Å². The third-order valence-electron chi connectivity index (χ3n) is 4.85. The Bertz CT molecular complexity index is 680. The van der Waals surface area contributed by atoms with Crippen molar-refractivity contribution in [1.82, 2.24) is 14.8 Å². The summed E-state index contributed by atoms with van der Waals surface area (Å²) in [5.41, 5.74) is -0.667. The van der Waals surface area contributed by atoms with Gasteiger partial charge in [-0.05, 0) is 38.8 Å². The molecular weight excluding hydrogens is 382 g/mol. The summed E-state index contributed by atoms with van der Waals surface area (Å²) >= 11 is 5.79. The summed E-state index contributed by atoms with van der Waals surface area (Å²) < 4.78 is 5.92. The topological polar surface area (TPSA) is 83.0 Å². The second-order valence-electron chi connectivity index (χ2n) is 8.47. The van der Waals surface area contributed by atoms with E-state index in [-0.39, 0.29) is 17.9 Å². The van der Waals surface area contributed by atoms with Crippen LogP contribution in [-0.4, -0.2) is 62.7 Å². The minimum Gasteiger partial charge on any atom is -0.489 e. The van der Waals surface area contributed by atoms with Crippen LogP contribution in [0, 0.1) is 5.92 Å². The van der Waals surface area contributed by atoms with Crippen LogP contribution in [0.15, 0.2) is 18.3 Å². The lowest BCUT2D eigenvalue weighted by atomic mass is 9.94. The van der Waals surface area contributed by atoms with E-state index in [1.165, 1.54) is 4.90 Å². The molecule has 0 aliphatic carbocycles. The van der Waals surface area contributed by atoms with Crippen molar-refractivity contribution >= 4 is 23.6 Å². The van der Waals surface area contributed by atoms with E-state index >= 15 is 0 Å². The number of halogens is 1. The maximum absolute atomic E-state index is 13.2. The summed E-state index contributed by atoms with van der Waals surface area (Å²) in [6.45, 7) is 10.3. The van der Waals surface area contributed by atoms with Crippen LogP contribution in [0.1, 0.15) is 47.5 Å². The Morgan fingerprint density at radius 3 is 2.32 bits per heavy atom. The van der Waals surface area contributed by atoms with Gasteiger partial charge < -0.3 is 14.7 Å². The van der Waals surface area contributed by atoms with Crippen LogP contribution >= 0.6 is 11.6 Å². The molecule has 1 saturated heterocycles. The Morgan fingerprint density at radius 2 is 1.89 bits per heavy atom. The molecule has 0 unspecified atom stereocenters. The average molecular weight is 412 g/mol. The highest BCUT2D eigenvalue weighted by molar-refractivity contribution is 6.29. The molecule has 0 aromatic carbocycles. The monoisotopic (exact) mass is 411 g/mol. The van der Waals surface area contributed by atoms with Gasteiger partial charge in [-0.1, -0.05) is 25.4 Å². The number of carbonyl (C=O) groups excluding carboxylic acids is 1. The number of hydrogen-bond donors (Lipinski definition) is 1. The predicted octanol–water partition coefficient (Wildman–Crippen LogP) is 3.91. The molecule has 1 fully saturated rings. The number of pyridine rings is 1. The number of piperidine rings is 1. The van der Waals surface area contributed by atoms with Gasteiger partial charge in [0, 0.05) is 31.5 Å². The van der Waals surface area contributed by atoms with Gasteiger partial charge in [0.25, 0.3) is 0 Å². The molecule has 1 atom stereocenters. The maximum Gasteiger partial charge on any atom is 0.408 e. The largest absolute Gasteiger partial charge is 0.489 e. The molecule has 8 heteroatoms. The van der Waals surface area contributed by atoms with Gasteiger partial charge in [0.1, 0.15) is 23.0 Å². The zero-order valence-corrected chi connectivity index (χ0v) is 17.9. The minimum atomic E-state index is -1.08. The van der Waals surface area contributed by atoms with E-state index in [0.29, 0.717) is 36.8 Å². The van der Waals surface area contributed by atoms with E-state index in [9.17, 15) is 14.7 Å². The number of amides is 2. The lowest BCUT2D eigenvalue weighted by Crippen LogP contribution is -2.60. The number of hydrogen-bond acceptors (Lipinski definition) is 4. The van der Waals surface area contributed by atoms with E-state index in [1.54, 1.807) is 23.2 Å². The molecule has 0 saturated carbocycles. The summed E-state index contributed by atoms with van der Waals surface area (Å²) in [6.07, 6.45) is 1.86. The minimum absolute atomic E-state index is 0.0114. The molecule has 0 spiro atoms. The van der Waals surface area contributed by atoms with Crippen LogP contribution in [0.5, 0.6) is 5.75 Å². The number of carboxylic acid groups (broad SMARTS) is 1. The Balaban J connectivity index is 2.03. The molecule has 1 aromatic heterocycles. The molecule has 7 nitrogen and oxygen atoms in total. The van der Waals surface area contributed by atoms with Crippen molar-refractivity contribution in [2.24, 2.45) is 5.92 Å². The van der Waals surface area contributed by atoms with Crippen LogP contribution < -0.4 is 4.74 Å². The molecule has 1 aromatic rings. The first-order valence-corrected chi connectivity index (χ1v) is 9.97. The number of aromatic nitrogens is 1. The smallest absolute Gasteiger partial charge is 0.408 e. The summed E-state index contributed by atoms with van der Waals surface area (Å²) in [5.74, 6) is 0.384. The zero-order valence-electron chi connectivity index (χ0n) is 17.2. The fourth-order valence-corrected chi connectivity index (χ4v) is 3.63. The predicted molar refractivity (Wildman–Crippen MR) is 108 cm³/mol. The van der Waals surface area contributed by atoms with Crippen molar-refractivity contribution in [2.45, 2.75) is 65.1 Å². The molecule has 2 rings (SSSR count). The molecule has 1 N–H and O–H groups in total. The first-order chi connectivity index (χ1) is 13.0. The molecule has 0 radical (unpaired) electrons. The van der Waals surface area contributed by atoms with Gasteiger partial charge in [0.15, 0.2) is 0 Å². The van der Waals surface area contributed by atoms with E-state index in [0.717, 1.165) is 0 Å². The highest BCUT2D eigenvalue weighted by Gasteiger charge is 2.41. The zero-order chi connectivity index (χ0) is 21.1. The van der Waals surface area contributed by atoms with Crippen molar-refractivity contribution in [3.63, 3.8) is 0 Å². The molecule has 156 valence electrons. The molecule has 2 heterocycles. The fraction of sp³-hybridized carbons (Fsp3) is 0.650. The fourth-order valence-electron chi connectivity index (χ4n) is 3.52. The maximum atomic E-state index is 13.2. The van der Waals surface area contributed by atoms with Crippen molar-refractivity contribution in [1.29, 1.82) is 0 Å². The van der Waals surface area contributed by atoms with E-state index in [2.05, 4.69) is 4.98 Å². The molecule has 2 amide bonds. The Hall–Kier alpha value is -2.02. The SMILES string of the molecule is CC(C)[C@@H](C(=O)N1CCC(Oc2ccc(Cl)nc2)CC1)N(C(=O)O)C(C)(C)C. The van der Waals surface area contributed by atoms with E-state index in [1.807, 2.05) is 34.6 Å². The quantitative estimate of drug-likeness (QED) is 0.742. The van der Waals surface area contributed by atoms with Crippen LogP contribution in [-0.2, 0) is 4.79 Å². The lowest BCUT2D eigenvalue weighted by molar-refractivity contribution is -0.141. The number of ether oxygens (including phenoxy) is 1. The number of carbonyl (C=O) groups is 2. The Kier molecular flexibility index (Phi) is 7.15. The van der Waals surface area contributed by atoms with Gasteiger partial charge in [0.05, 0.1) is 6.20 Å². The van der Waals surface area contributed by atoms with Crippen LogP contribution in [0.2, 0.25) is 5.15 Å². The normalized spacial score (nSPS) is 16.8. The van der Waals surface area contributed by atoms with Crippen molar-refractivity contribution in [2.75, 3.05) is 13.1 Å². The number of rotatable bonds is 5. The van der Waals surface area contributed by atoms with Crippen molar-refractivity contribution in [3.05, 3.63) is 23.5 Å². The highest BCUT2D eigenvalue weighted by atomic mass is 35.5. The van der Waals surface area contributed by atoms with E-state index < -0.39 is 17.7 Å². The van der Waals surface area contributed by atoms with Gasteiger partial charge >= 0.3 is 6.09 Å². The van der Waals surface area contributed by atoms with Gasteiger partial charge in [-0.25, -0.2) is 9.78 Å². The van der Waals surface area contributed by atoms with Crippen LogP contribution in [0.25, 0.3) is 0 Å². The molecular formula is C20H30ClN3O4. The first kappa shape index (κ1) is 22.3.